The van der Waals surface area contributed by atoms with Crippen molar-refractivity contribution >= 4 is 5.69 Å². The summed E-state index contributed by atoms with van der Waals surface area (Å²) in [5.41, 5.74) is 1.17. The van der Waals surface area contributed by atoms with E-state index in [0.29, 0.717) is 6.04 Å². The van der Waals surface area contributed by atoms with Crippen LogP contribution in [0.15, 0.2) is 24.3 Å². The molecule has 3 heteroatoms. The van der Waals surface area contributed by atoms with Gasteiger partial charge < -0.3 is 15.0 Å². The van der Waals surface area contributed by atoms with Crippen molar-refractivity contribution in [3.05, 3.63) is 24.3 Å². The van der Waals surface area contributed by atoms with Crippen LogP contribution in [0.5, 0.6) is 5.75 Å². The molecular weight excluding hydrogens is 212 g/mol. The third-order valence-electron chi connectivity index (χ3n) is 3.55. The fourth-order valence-corrected chi connectivity index (χ4v) is 2.35. The zero-order chi connectivity index (χ0) is 12.1. The molecule has 1 aromatic carbocycles. The van der Waals surface area contributed by atoms with Gasteiger partial charge in [-0.2, -0.15) is 0 Å². The minimum absolute atomic E-state index is 0.672. The highest BCUT2D eigenvalue weighted by Crippen LogP contribution is 2.18. The number of hydrogen-bond donors (Lipinski definition) is 1. The van der Waals surface area contributed by atoms with Crippen LogP contribution in [0.3, 0.4) is 0 Å². The van der Waals surface area contributed by atoms with Crippen LogP contribution in [0, 0.1) is 0 Å². The van der Waals surface area contributed by atoms with E-state index in [4.69, 9.17) is 4.74 Å². The Balaban J connectivity index is 1.84. The first-order chi connectivity index (χ1) is 8.29. The molecule has 0 saturated carbocycles. The van der Waals surface area contributed by atoms with Crippen LogP contribution < -0.4 is 10.1 Å². The number of ether oxygens (including phenoxy) is 1. The molecular formula is C14H22N2O. The molecule has 1 aliphatic heterocycles. The summed E-state index contributed by atoms with van der Waals surface area (Å²) in [6.45, 7) is 2.26. The Morgan fingerprint density at radius 2 is 2.06 bits per heavy atom. The van der Waals surface area contributed by atoms with Crippen LogP contribution in [-0.2, 0) is 0 Å². The number of benzene rings is 1. The van der Waals surface area contributed by atoms with Gasteiger partial charge in [0, 0.05) is 18.3 Å². The third-order valence-corrected chi connectivity index (χ3v) is 3.55. The van der Waals surface area contributed by atoms with Gasteiger partial charge in [-0.05, 0) is 50.7 Å². The standard InChI is InChI=1S/C14H22N2O/c1-16-10-4-3-5-13(16)11-15-12-6-8-14(17-2)9-7-12/h6-9,13,15H,3-5,10-11H2,1-2H3. The highest BCUT2D eigenvalue weighted by molar-refractivity contribution is 5.46. The van der Waals surface area contributed by atoms with E-state index in [9.17, 15) is 0 Å². The van der Waals surface area contributed by atoms with Crippen LogP contribution in [0.2, 0.25) is 0 Å². The van der Waals surface area contributed by atoms with E-state index in [2.05, 4.69) is 29.4 Å². The van der Waals surface area contributed by atoms with Gasteiger partial charge in [-0.1, -0.05) is 6.42 Å². The molecule has 0 aromatic heterocycles. The van der Waals surface area contributed by atoms with Crippen molar-refractivity contribution in [2.75, 3.05) is 32.6 Å². The number of likely N-dealkylation sites (tertiary alicyclic amines) is 1. The molecule has 17 heavy (non-hydrogen) atoms. The lowest BCUT2D eigenvalue weighted by Gasteiger charge is -2.32. The van der Waals surface area contributed by atoms with Gasteiger partial charge in [0.15, 0.2) is 0 Å². The van der Waals surface area contributed by atoms with E-state index in [1.54, 1.807) is 7.11 Å². The second-order valence-electron chi connectivity index (χ2n) is 4.74. The second kappa shape index (κ2) is 5.92. The van der Waals surface area contributed by atoms with Crippen molar-refractivity contribution in [3.63, 3.8) is 0 Å². The van der Waals surface area contributed by atoms with E-state index in [1.165, 1.54) is 31.5 Å². The van der Waals surface area contributed by atoms with Crippen LogP contribution >= 0.6 is 0 Å². The van der Waals surface area contributed by atoms with Crippen molar-refractivity contribution in [2.24, 2.45) is 0 Å². The van der Waals surface area contributed by atoms with Crippen molar-refractivity contribution in [3.8, 4) is 5.75 Å². The topological polar surface area (TPSA) is 24.5 Å². The second-order valence-corrected chi connectivity index (χ2v) is 4.74. The maximum absolute atomic E-state index is 5.14. The number of likely N-dealkylation sites (N-methyl/N-ethyl adjacent to an activating group) is 1. The van der Waals surface area contributed by atoms with Crippen molar-refractivity contribution in [1.82, 2.24) is 4.90 Å². The molecule has 1 saturated heterocycles. The van der Waals surface area contributed by atoms with Gasteiger partial charge in [0.2, 0.25) is 0 Å². The Kier molecular flexibility index (Phi) is 4.26. The Morgan fingerprint density at radius 3 is 2.71 bits per heavy atom. The normalized spacial score (nSPS) is 21.2. The molecule has 1 atom stereocenters. The number of nitrogens with zero attached hydrogens (tertiary/aromatic N) is 1. The fraction of sp³-hybridized carbons (Fsp3) is 0.571. The van der Waals surface area contributed by atoms with Crippen molar-refractivity contribution in [2.45, 2.75) is 25.3 Å². The maximum atomic E-state index is 5.14. The highest BCUT2D eigenvalue weighted by atomic mass is 16.5. The first-order valence-corrected chi connectivity index (χ1v) is 6.38. The molecule has 0 aliphatic carbocycles. The SMILES string of the molecule is COc1ccc(NCC2CCCCN2C)cc1. The van der Waals surface area contributed by atoms with E-state index >= 15 is 0 Å². The highest BCUT2D eigenvalue weighted by Gasteiger charge is 2.18. The Morgan fingerprint density at radius 1 is 1.29 bits per heavy atom. The van der Waals surface area contributed by atoms with Gasteiger partial charge in [0.25, 0.3) is 0 Å². The number of hydrogen-bond acceptors (Lipinski definition) is 3. The van der Waals surface area contributed by atoms with E-state index in [1.807, 2.05) is 12.1 Å². The average Bonchev–Trinajstić information content (AvgIpc) is 2.38. The summed E-state index contributed by atoms with van der Waals surface area (Å²) in [5.74, 6) is 0.908. The molecule has 0 amide bonds. The molecule has 94 valence electrons. The lowest BCUT2D eigenvalue weighted by molar-refractivity contribution is 0.194. The van der Waals surface area contributed by atoms with Crippen molar-refractivity contribution in [1.29, 1.82) is 0 Å². The first-order valence-electron chi connectivity index (χ1n) is 6.38. The number of nitrogens with one attached hydrogen (secondary N) is 1. The maximum Gasteiger partial charge on any atom is 0.119 e. The molecule has 0 radical (unpaired) electrons. The monoisotopic (exact) mass is 234 g/mol. The zero-order valence-corrected chi connectivity index (χ0v) is 10.8. The van der Waals surface area contributed by atoms with Gasteiger partial charge in [0.1, 0.15) is 5.75 Å². The number of rotatable bonds is 4. The van der Waals surface area contributed by atoms with Gasteiger partial charge in [-0.25, -0.2) is 0 Å². The van der Waals surface area contributed by atoms with Crippen LogP contribution in [0.4, 0.5) is 5.69 Å². The molecule has 1 aliphatic rings. The number of piperidine rings is 1. The molecule has 1 fully saturated rings. The van der Waals surface area contributed by atoms with Gasteiger partial charge >= 0.3 is 0 Å². The van der Waals surface area contributed by atoms with Gasteiger partial charge in [-0.3, -0.25) is 0 Å². The third kappa shape index (κ3) is 3.37. The number of anilines is 1. The molecule has 0 bridgehead atoms. The van der Waals surface area contributed by atoms with Gasteiger partial charge in [0.05, 0.1) is 7.11 Å². The average molecular weight is 234 g/mol. The fourth-order valence-electron chi connectivity index (χ4n) is 2.35. The quantitative estimate of drug-likeness (QED) is 0.866. The molecule has 2 rings (SSSR count). The van der Waals surface area contributed by atoms with Crippen molar-refractivity contribution < 1.29 is 4.74 Å². The summed E-state index contributed by atoms with van der Waals surface area (Å²) in [4.78, 5) is 2.46. The summed E-state index contributed by atoms with van der Waals surface area (Å²) in [6.07, 6.45) is 4.01. The minimum atomic E-state index is 0.672. The Hall–Kier alpha value is -1.22. The largest absolute Gasteiger partial charge is 0.497 e. The van der Waals surface area contributed by atoms with Crippen LogP contribution in [-0.4, -0.2) is 38.2 Å². The summed E-state index contributed by atoms with van der Waals surface area (Å²) in [6, 6.07) is 8.80. The Labute approximate surface area is 104 Å². The molecule has 0 spiro atoms. The minimum Gasteiger partial charge on any atom is -0.497 e. The van der Waals surface area contributed by atoms with Gasteiger partial charge in [-0.15, -0.1) is 0 Å². The molecule has 1 N–H and O–H groups in total. The molecule has 1 heterocycles. The molecule has 3 nitrogen and oxygen atoms in total. The van der Waals surface area contributed by atoms with E-state index < -0.39 is 0 Å². The molecule has 1 unspecified atom stereocenters. The van der Waals surface area contributed by atoms with E-state index in [-0.39, 0.29) is 0 Å². The van der Waals surface area contributed by atoms with E-state index in [0.717, 1.165) is 12.3 Å². The zero-order valence-electron chi connectivity index (χ0n) is 10.8. The predicted molar refractivity (Wildman–Crippen MR) is 71.8 cm³/mol. The summed E-state index contributed by atoms with van der Waals surface area (Å²) < 4.78 is 5.14. The summed E-state index contributed by atoms with van der Waals surface area (Å²) in [7, 11) is 3.92. The van der Waals surface area contributed by atoms with Crippen LogP contribution in [0.25, 0.3) is 0 Å². The summed E-state index contributed by atoms with van der Waals surface area (Å²) in [5, 5.41) is 3.50. The smallest absolute Gasteiger partial charge is 0.119 e. The predicted octanol–water partition coefficient (Wildman–Crippen LogP) is 2.59. The summed E-state index contributed by atoms with van der Waals surface area (Å²) >= 11 is 0. The number of methoxy groups -OCH3 is 1. The Bertz CT molecular complexity index is 337. The first kappa shape index (κ1) is 12.2. The lowest BCUT2D eigenvalue weighted by Crippen LogP contribution is -2.40. The van der Waals surface area contributed by atoms with Crippen LogP contribution in [0.1, 0.15) is 19.3 Å². The molecule has 1 aromatic rings. The lowest BCUT2D eigenvalue weighted by atomic mass is 10.0.